The average Bonchev–Trinajstić information content (AvgIpc) is 2.81. The molecule has 0 aliphatic heterocycles. The van der Waals surface area contributed by atoms with Gasteiger partial charge in [-0.15, -0.1) is 0 Å². The van der Waals surface area contributed by atoms with Crippen molar-refractivity contribution in [3.63, 3.8) is 0 Å². The molecule has 0 radical (unpaired) electrons. The van der Waals surface area contributed by atoms with Crippen LogP contribution in [0.3, 0.4) is 0 Å². The molecule has 0 atom stereocenters. The predicted octanol–water partition coefficient (Wildman–Crippen LogP) is 3.35. The highest BCUT2D eigenvalue weighted by Crippen LogP contribution is 2.28. The van der Waals surface area contributed by atoms with E-state index in [1.807, 2.05) is 19.0 Å². The zero-order valence-electron chi connectivity index (χ0n) is 13.3. The lowest BCUT2D eigenvalue weighted by Crippen LogP contribution is -2.19. The summed E-state index contributed by atoms with van der Waals surface area (Å²) < 4.78 is 43.8. The Kier molecular flexibility index (Phi) is 4.99. The van der Waals surface area contributed by atoms with E-state index in [0.29, 0.717) is 17.7 Å². The van der Waals surface area contributed by atoms with E-state index in [1.54, 1.807) is 18.2 Å². The predicted molar refractivity (Wildman–Crippen MR) is 82.0 cm³/mol. The number of aromatic nitrogens is 1. The van der Waals surface area contributed by atoms with Crippen LogP contribution in [0.25, 0.3) is 10.9 Å². The second-order valence-corrected chi connectivity index (χ2v) is 5.65. The quantitative estimate of drug-likeness (QED) is 0.844. The van der Waals surface area contributed by atoms with Crippen LogP contribution in [0.1, 0.15) is 16.8 Å². The summed E-state index contributed by atoms with van der Waals surface area (Å²) in [6, 6.07) is 4.99. The van der Waals surface area contributed by atoms with Crippen LogP contribution in [0.2, 0.25) is 0 Å². The number of alkyl halides is 3. The first-order chi connectivity index (χ1) is 10.7. The topological polar surface area (TPSA) is 34.5 Å². The Balaban J connectivity index is 2.46. The van der Waals surface area contributed by atoms with Crippen molar-refractivity contribution in [1.29, 1.82) is 0 Å². The molecule has 0 saturated carbocycles. The fraction of sp³-hybridized carbons (Fsp3) is 0.438. The van der Waals surface area contributed by atoms with Crippen molar-refractivity contribution in [2.24, 2.45) is 0 Å². The fourth-order valence-electron chi connectivity index (χ4n) is 2.41. The molecule has 0 aliphatic carbocycles. The molecule has 0 spiro atoms. The fourth-order valence-corrected chi connectivity index (χ4v) is 2.41. The van der Waals surface area contributed by atoms with Crippen LogP contribution < -0.4 is 4.74 Å². The van der Waals surface area contributed by atoms with Gasteiger partial charge in [0, 0.05) is 18.1 Å². The smallest absolute Gasteiger partial charge is 0.397 e. The number of carbonyl (C=O) groups is 1. The molecule has 0 N–H and O–H groups in total. The molecule has 0 fully saturated rings. The number of rotatable bonds is 5. The average molecular weight is 328 g/mol. The van der Waals surface area contributed by atoms with Crippen molar-refractivity contribution < 1.29 is 22.7 Å². The molecule has 2 aromatic rings. The van der Waals surface area contributed by atoms with Crippen LogP contribution in [-0.2, 0) is 6.42 Å². The lowest BCUT2D eigenvalue weighted by Gasteiger charge is -2.08. The van der Waals surface area contributed by atoms with Gasteiger partial charge in [-0.25, -0.2) is 0 Å². The lowest BCUT2D eigenvalue weighted by molar-refractivity contribution is -0.126. The zero-order valence-corrected chi connectivity index (χ0v) is 13.3. The Hall–Kier alpha value is -2.02. The molecule has 1 aromatic heterocycles. The van der Waals surface area contributed by atoms with Crippen molar-refractivity contribution in [1.82, 2.24) is 9.47 Å². The number of hydrogen-bond acceptors (Lipinski definition) is 3. The van der Waals surface area contributed by atoms with E-state index < -0.39 is 18.5 Å². The summed E-state index contributed by atoms with van der Waals surface area (Å²) in [5.41, 5.74) is 1.29. The molecule has 0 amide bonds. The highest BCUT2D eigenvalue weighted by molar-refractivity contribution is 5.95. The normalized spacial score (nSPS) is 12.1. The first kappa shape index (κ1) is 17.3. The Bertz CT molecular complexity index is 705. The number of likely N-dealkylation sites (N-methyl/N-ethyl adjacent to an activating group) is 1. The molecule has 7 heteroatoms. The molecule has 0 aliphatic rings. The number of fused-ring (bicyclic) bond motifs is 1. The zero-order chi connectivity index (χ0) is 17.2. The SMILES string of the molecule is COc1ccc2c(c1)c(CCN(C)C)cn2C(=O)CC(F)(F)F. The maximum Gasteiger partial charge on any atom is 0.397 e. The van der Waals surface area contributed by atoms with Gasteiger partial charge in [-0.05, 0) is 44.3 Å². The van der Waals surface area contributed by atoms with E-state index >= 15 is 0 Å². The van der Waals surface area contributed by atoms with Gasteiger partial charge in [0.15, 0.2) is 0 Å². The minimum absolute atomic E-state index is 0.466. The molecule has 0 unspecified atom stereocenters. The van der Waals surface area contributed by atoms with Gasteiger partial charge in [0.1, 0.15) is 12.2 Å². The third-order valence-corrected chi connectivity index (χ3v) is 3.54. The molecule has 126 valence electrons. The number of ether oxygens (including phenoxy) is 1. The van der Waals surface area contributed by atoms with Crippen LogP contribution in [0, 0.1) is 0 Å². The molecule has 23 heavy (non-hydrogen) atoms. The van der Waals surface area contributed by atoms with Gasteiger partial charge in [-0.2, -0.15) is 13.2 Å². The van der Waals surface area contributed by atoms with E-state index in [4.69, 9.17) is 4.74 Å². The Morgan fingerprint density at radius 3 is 2.57 bits per heavy atom. The molecule has 1 aromatic carbocycles. The third kappa shape index (κ3) is 4.25. The van der Waals surface area contributed by atoms with E-state index in [0.717, 1.165) is 22.1 Å². The van der Waals surface area contributed by atoms with Crippen molar-refractivity contribution in [2.75, 3.05) is 27.7 Å². The summed E-state index contributed by atoms with van der Waals surface area (Å²) in [7, 11) is 5.34. The largest absolute Gasteiger partial charge is 0.497 e. The number of methoxy groups -OCH3 is 1. The molecule has 4 nitrogen and oxygen atoms in total. The molecular formula is C16H19F3N2O2. The second-order valence-electron chi connectivity index (χ2n) is 5.65. The Morgan fingerprint density at radius 2 is 2.00 bits per heavy atom. The van der Waals surface area contributed by atoms with Gasteiger partial charge in [0.25, 0.3) is 0 Å². The standard InChI is InChI=1S/C16H19F3N2O2/c1-20(2)7-6-11-10-21(15(22)9-16(17,18)19)14-5-4-12(23-3)8-13(11)14/h4-5,8,10H,6-7,9H2,1-3H3. The van der Waals surface area contributed by atoms with E-state index in [-0.39, 0.29) is 0 Å². The number of benzene rings is 1. The summed E-state index contributed by atoms with van der Waals surface area (Å²) in [4.78, 5) is 14.0. The van der Waals surface area contributed by atoms with E-state index in [1.165, 1.54) is 13.3 Å². The highest BCUT2D eigenvalue weighted by atomic mass is 19.4. The van der Waals surface area contributed by atoms with Crippen molar-refractivity contribution in [3.05, 3.63) is 30.0 Å². The maximum absolute atomic E-state index is 12.5. The van der Waals surface area contributed by atoms with E-state index in [9.17, 15) is 18.0 Å². The third-order valence-electron chi connectivity index (χ3n) is 3.54. The van der Waals surface area contributed by atoms with Crippen LogP contribution >= 0.6 is 0 Å². The molecule has 1 heterocycles. The molecule has 0 bridgehead atoms. The van der Waals surface area contributed by atoms with Gasteiger partial charge in [0.2, 0.25) is 5.91 Å². The second kappa shape index (κ2) is 6.62. The van der Waals surface area contributed by atoms with Crippen LogP contribution in [0.4, 0.5) is 13.2 Å². The minimum atomic E-state index is -4.52. The van der Waals surface area contributed by atoms with Crippen LogP contribution in [-0.4, -0.2) is 49.3 Å². The van der Waals surface area contributed by atoms with Gasteiger partial charge in [-0.3, -0.25) is 9.36 Å². The number of hydrogen-bond donors (Lipinski definition) is 0. The van der Waals surface area contributed by atoms with Crippen LogP contribution in [0.5, 0.6) is 5.75 Å². The van der Waals surface area contributed by atoms with Gasteiger partial charge >= 0.3 is 6.18 Å². The van der Waals surface area contributed by atoms with E-state index in [2.05, 4.69) is 0 Å². The minimum Gasteiger partial charge on any atom is -0.497 e. The first-order valence-corrected chi connectivity index (χ1v) is 7.14. The first-order valence-electron chi connectivity index (χ1n) is 7.14. The monoisotopic (exact) mass is 328 g/mol. The van der Waals surface area contributed by atoms with Crippen molar-refractivity contribution in [2.45, 2.75) is 19.0 Å². The number of carbonyl (C=O) groups excluding carboxylic acids is 1. The summed E-state index contributed by atoms with van der Waals surface area (Å²) in [6.45, 7) is 0.726. The number of nitrogens with zero attached hydrogens (tertiary/aromatic N) is 2. The summed E-state index contributed by atoms with van der Waals surface area (Å²) >= 11 is 0. The van der Waals surface area contributed by atoms with Crippen LogP contribution in [0.15, 0.2) is 24.4 Å². The summed E-state index contributed by atoms with van der Waals surface area (Å²) in [6.07, 6.45) is -3.87. The van der Waals surface area contributed by atoms with Gasteiger partial charge in [-0.1, -0.05) is 0 Å². The Morgan fingerprint density at radius 1 is 1.30 bits per heavy atom. The molecule has 2 rings (SSSR count). The maximum atomic E-state index is 12.5. The molecule has 0 saturated heterocycles. The van der Waals surface area contributed by atoms with Crippen molar-refractivity contribution >= 4 is 16.8 Å². The summed E-state index contributed by atoms with van der Waals surface area (Å²) in [5.74, 6) is -0.381. The molecular weight excluding hydrogens is 309 g/mol. The highest BCUT2D eigenvalue weighted by Gasteiger charge is 2.32. The van der Waals surface area contributed by atoms with Gasteiger partial charge < -0.3 is 9.64 Å². The number of halogens is 3. The Labute approximate surface area is 132 Å². The summed E-state index contributed by atoms with van der Waals surface area (Å²) in [5, 5.41) is 0.738. The van der Waals surface area contributed by atoms with Crippen molar-refractivity contribution in [3.8, 4) is 5.75 Å². The lowest BCUT2D eigenvalue weighted by atomic mass is 10.1. The van der Waals surface area contributed by atoms with Gasteiger partial charge in [0.05, 0.1) is 12.6 Å².